The molecule has 16 heteroatoms. The maximum Gasteiger partial charge on any atom is 0.401 e. The van der Waals surface area contributed by atoms with E-state index in [1.54, 1.807) is 24.4 Å². The van der Waals surface area contributed by atoms with E-state index in [9.17, 15) is 36.5 Å². The van der Waals surface area contributed by atoms with Gasteiger partial charge in [-0.25, -0.2) is 18.1 Å². The van der Waals surface area contributed by atoms with Gasteiger partial charge in [0.1, 0.15) is 22.8 Å². The first kappa shape index (κ1) is 29.8. The quantitative estimate of drug-likeness (QED) is 0.177. The average Bonchev–Trinajstić information content (AvgIpc) is 3.41. The van der Waals surface area contributed by atoms with Crippen molar-refractivity contribution in [1.29, 1.82) is 0 Å². The molecule has 0 radical (unpaired) electrons. The lowest BCUT2D eigenvalue weighted by Gasteiger charge is -2.33. The number of benzene rings is 2. The Labute approximate surface area is 243 Å². The van der Waals surface area contributed by atoms with Crippen molar-refractivity contribution in [3.63, 3.8) is 0 Å². The van der Waals surface area contributed by atoms with Gasteiger partial charge >= 0.3 is 6.18 Å². The zero-order chi connectivity index (χ0) is 30.8. The van der Waals surface area contributed by atoms with Gasteiger partial charge in [0.25, 0.3) is 21.6 Å². The number of aromatic amines is 1. The largest absolute Gasteiger partial charge is 0.455 e. The summed E-state index contributed by atoms with van der Waals surface area (Å²) in [6, 6.07) is 12.2. The summed E-state index contributed by atoms with van der Waals surface area (Å²) in [6.07, 6.45) is -0.573. The van der Waals surface area contributed by atoms with Crippen LogP contribution in [0.4, 0.5) is 24.5 Å². The van der Waals surface area contributed by atoms with Crippen LogP contribution in [0.2, 0.25) is 0 Å². The van der Waals surface area contributed by atoms with Crippen molar-refractivity contribution in [3.8, 4) is 11.5 Å². The van der Waals surface area contributed by atoms with Crippen molar-refractivity contribution in [2.45, 2.75) is 30.0 Å². The van der Waals surface area contributed by atoms with E-state index in [0.717, 1.165) is 17.5 Å². The average molecular weight is 619 g/mol. The van der Waals surface area contributed by atoms with Gasteiger partial charge in [-0.15, -0.1) is 0 Å². The molecule has 226 valence electrons. The van der Waals surface area contributed by atoms with Crippen LogP contribution in [0.15, 0.2) is 71.9 Å². The minimum atomic E-state index is -4.57. The molecule has 2 aromatic carbocycles. The third-order valence-corrected chi connectivity index (χ3v) is 8.12. The van der Waals surface area contributed by atoms with E-state index in [-0.39, 0.29) is 36.1 Å². The highest BCUT2D eigenvalue weighted by molar-refractivity contribution is 7.90. The molecular formula is C27H25F3N6O6S. The Morgan fingerprint density at radius 3 is 2.60 bits per heavy atom. The molecule has 0 unspecified atom stereocenters. The molecule has 1 saturated heterocycles. The second kappa shape index (κ2) is 11.9. The maximum absolute atomic E-state index is 13.1. The van der Waals surface area contributed by atoms with Crippen molar-refractivity contribution in [2.24, 2.45) is 0 Å². The smallest absolute Gasteiger partial charge is 0.401 e. The van der Waals surface area contributed by atoms with Crippen molar-refractivity contribution in [2.75, 3.05) is 25.0 Å². The van der Waals surface area contributed by atoms with Gasteiger partial charge < -0.3 is 15.0 Å². The molecule has 0 aliphatic carbocycles. The van der Waals surface area contributed by atoms with E-state index in [1.165, 1.54) is 35.4 Å². The molecule has 0 spiro atoms. The fourth-order valence-corrected chi connectivity index (χ4v) is 5.73. The predicted octanol–water partition coefficient (Wildman–Crippen LogP) is 4.82. The number of carbonyl (C=O) groups is 1. The number of sulfonamides is 1. The fraction of sp³-hybridized carbons (Fsp3) is 0.259. The number of H-pyrrole nitrogens is 1. The van der Waals surface area contributed by atoms with Gasteiger partial charge in [-0.05, 0) is 49.2 Å². The molecule has 43 heavy (non-hydrogen) atoms. The van der Waals surface area contributed by atoms with Crippen LogP contribution < -0.4 is 14.8 Å². The third-order valence-electron chi connectivity index (χ3n) is 6.79. The molecule has 1 amide bonds. The third kappa shape index (κ3) is 7.21. The number of anilines is 1. The minimum absolute atomic E-state index is 0.0105. The van der Waals surface area contributed by atoms with Gasteiger partial charge in [-0.2, -0.15) is 13.2 Å². The first-order valence-corrected chi connectivity index (χ1v) is 14.5. The number of aromatic nitrogens is 2. The lowest BCUT2D eigenvalue weighted by Crippen LogP contribution is -2.43. The summed E-state index contributed by atoms with van der Waals surface area (Å²) in [5.74, 6) is -0.666. The molecule has 5 rings (SSSR count). The van der Waals surface area contributed by atoms with Gasteiger partial charge in [0.05, 0.1) is 28.1 Å². The van der Waals surface area contributed by atoms with Crippen LogP contribution in [-0.4, -0.2) is 66.0 Å². The van der Waals surface area contributed by atoms with E-state index < -0.39 is 44.2 Å². The lowest BCUT2D eigenvalue weighted by atomic mass is 10.0. The molecule has 3 heterocycles. The normalized spacial score (nSPS) is 14.9. The number of pyridine rings is 1. The summed E-state index contributed by atoms with van der Waals surface area (Å²) in [5, 5.41) is 15.5. The van der Waals surface area contributed by atoms with Crippen LogP contribution in [0.3, 0.4) is 0 Å². The second-order valence-corrected chi connectivity index (χ2v) is 11.5. The molecule has 1 aliphatic heterocycles. The number of nitro benzene ring substituents is 1. The van der Waals surface area contributed by atoms with Gasteiger partial charge in [0.15, 0.2) is 0 Å². The monoisotopic (exact) mass is 618 g/mol. The van der Waals surface area contributed by atoms with E-state index in [2.05, 4.69) is 15.3 Å². The lowest BCUT2D eigenvalue weighted by molar-refractivity contribution is -0.384. The number of piperidine rings is 1. The Kier molecular flexibility index (Phi) is 8.23. The highest BCUT2D eigenvalue weighted by Gasteiger charge is 2.33. The van der Waals surface area contributed by atoms with E-state index in [4.69, 9.17) is 4.74 Å². The van der Waals surface area contributed by atoms with Crippen molar-refractivity contribution >= 4 is 38.3 Å². The molecule has 12 nitrogen and oxygen atoms in total. The Bertz CT molecular complexity index is 1770. The molecule has 0 saturated carbocycles. The standard InChI is InChI=1S/C27H25F3N6O6S/c28-27(29,30)16-35-11-8-18(9-12-35)33-22-6-5-20(14-23(22)36(38)39)43(40,41)34-26(37)21-3-1-2-4-24(21)42-19-13-17-7-10-31-25(17)32-15-19/h1-7,10,13-15,18,33H,8-9,11-12,16H2,(H,31,32)(H,34,37). The molecule has 4 aromatic rings. The number of rotatable bonds is 9. The number of nitrogens with zero attached hydrogens (tertiary/aromatic N) is 3. The number of carbonyl (C=O) groups excluding carboxylic acids is 1. The van der Waals surface area contributed by atoms with Crippen LogP contribution in [0.5, 0.6) is 11.5 Å². The number of alkyl halides is 3. The van der Waals surface area contributed by atoms with Gasteiger partial charge in [0, 0.05) is 36.8 Å². The van der Waals surface area contributed by atoms with E-state index >= 15 is 0 Å². The number of nitro groups is 1. The fourth-order valence-electron chi connectivity index (χ4n) is 4.74. The summed E-state index contributed by atoms with van der Waals surface area (Å²) in [7, 11) is -4.57. The predicted molar refractivity (Wildman–Crippen MR) is 149 cm³/mol. The molecular weight excluding hydrogens is 593 g/mol. The summed E-state index contributed by atoms with van der Waals surface area (Å²) < 4.78 is 71.9. The Balaban J connectivity index is 1.29. The van der Waals surface area contributed by atoms with Gasteiger partial charge in [-0.3, -0.25) is 19.8 Å². The number of ether oxygens (including phenoxy) is 1. The number of halogens is 3. The van der Waals surface area contributed by atoms with Crippen LogP contribution >= 0.6 is 0 Å². The van der Waals surface area contributed by atoms with Crippen LogP contribution in [0.25, 0.3) is 11.0 Å². The van der Waals surface area contributed by atoms with Crippen LogP contribution in [0.1, 0.15) is 23.2 Å². The van der Waals surface area contributed by atoms with Crippen LogP contribution in [0, 0.1) is 10.1 Å². The Morgan fingerprint density at radius 2 is 1.88 bits per heavy atom. The minimum Gasteiger partial charge on any atom is -0.455 e. The summed E-state index contributed by atoms with van der Waals surface area (Å²) in [5.41, 5.74) is -0.0308. The molecule has 2 aromatic heterocycles. The van der Waals surface area contributed by atoms with E-state index in [1.807, 2.05) is 4.72 Å². The number of para-hydroxylation sites is 1. The highest BCUT2D eigenvalue weighted by atomic mass is 32.2. The molecule has 1 fully saturated rings. The Morgan fingerprint density at radius 1 is 1.14 bits per heavy atom. The Hall–Kier alpha value is -4.70. The first-order valence-electron chi connectivity index (χ1n) is 13.0. The highest BCUT2D eigenvalue weighted by Crippen LogP contribution is 2.31. The number of nitrogens with one attached hydrogen (secondary N) is 3. The van der Waals surface area contributed by atoms with Crippen molar-refractivity contribution < 1.29 is 36.0 Å². The number of hydrogen-bond acceptors (Lipinski definition) is 9. The van der Waals surface area contributed by atoms with Crippen molar-refractivity contribution in [3.05, 3.63) is 82.7 Å². The van der Waals surface area contributed by atoms with Crippen LogP contribution in [-0.2, 0) is 10.0 Å². The summed E-state index contributed by atoms with van der Waals surface area (Å²) in [6.45, 7) is -0.743. The van der Waals surface area contributed by atoms with E-state index in [0.29, 0.717) is 24.2 Å². The molecule has 0 bridgehead atoms. The zero-order valence-electron chi connectivity index (χ0n) is 22.3. The maximum atomic E-state index is 13.1. The van der Waals surface area contributed by atoms with Gasteiger partial charge in [0.2, 0.25) is 0 Å². The number of fused-ring (bicyclic) bond motifs is 1. The van der Waals surface area contributed by atoms with Crippen molar-refractivity contribution in [1.82, 2.24) is 19.6 Å². The number of amides is 1. The molecule has 3 N–H and O–H groups in total. The van der Waals surface area contributed by atoms with Gasteiger partial charge in [-0.1, -0.05) is 12.1 Å². The first-order chi connectivity index (χ1) is 20.4. The summed E-state index contributed by atoms with van der Waals surface area (Å²) in [4.78, 5) is 32.0. The molecule has 0 atom stereocenters. The zero-order valence-corrected chi connectivity index (χ0v) is 23.1. The number of likely N-dealkylation sites (tertiary alicyclic amines) is 1. The summed E-state index contributed by atoms with van der Waals surface area (Å²) >= 11 is 0. The number of hydrogen-bond donors (Lipinski definition) is 3. The molecule has 1 aliphatic rings. The topological polar surface area (TPSA) is 160 Å². The second-order valence-electron chi connectivity index (χ2n) is 9.87. The SMILES string of the molecule is O=C(NS(=O)(=O)c1ccc(NC2CCN(CC(F)(F)F)CC2)c([N+](=O)[O-])c1)c1ccccc1Oc1cnc2[nH]ccc2c1.